The van der Waals surface area contributed by atoms with Gasteiger partial charge < -0.3 is 20.1 Å². The second-order valence-electron chi connectivity index (χ2n) is 7.22. The van der Waals surface area contributed by atoms with Crippen molar-refractivity contribution >= 4 is 34.9 Å². The molecule has 8 heteroatoms. The normalized spacial score (nSPS) is 18.3. The highest BCUT2D eigenvalue weighted by molar-refractivity contribution is 6.30. The molecule has 0 atom stereocenters. The third-order valence-corrected chi connectivity index (χ3v) is 5.35. The molecule has 6 nitrogen and oxygen atoms in total. The van der Waals surface area contributed by atoms with Gasteiger partial charge in [0.2, 0.25) is 0 Å². The first-order chi connectivity index (χ1) is 14.5. The van der Waals surface area contributed by atoms with Gasteiger partial charge in [-0.3, -0.25) is 10.2 Å². The second kappa shape index (κ2) is 11.1. The molecule has 0 saturated heterocycles. The van der Waals surface area contributed by atoms with Gasteiger partial charge in [0.05, 0.1) is 0 Å². The van der Waals surface area contributed by atoms with E-state index in [1.165, 1.54) is 0 Å². The van der Waals surface area contributed by atoms with E-state index >= 15 is 0 Å². The van der Waals surface area contributed by atoms with Crippen LogP contribution >= 0.6 is 23.2 Å². The van der Waals surface area contributed by atoms with Gasteiger partial charge in [-0.05, 0) is 74.2 Å². The highest BCUT2D eigenvalue weighted by Crippen LogP contribution is 2.20. The van der Waals surface area contributed by atoms with Crippen LogP contribution in [0.1, 0.15) is 25.7 Å². The van der Waals surface area contributed by atoms with Gasteiger partial charge in [0.15, 0.2) is 6.61 Å². The van der Waals surface area contributed by atoms with E-state index in [1.54, 1.807) is 48.5 Å². The van der Waals surface area contributed by atoms with Crippen molar-refractivity contribution in [1.82, 2.24) is 10.6 Å². The van der Waals surface area contributed by atoms with Crippen molar-refractivity contribution < 1.29 is 14.3 Å². The number of carbonyl (C=O) groups excluding carboxylic acids is 1. The van der Waals surface area contributed by atoms with E-state index < -0.39 is 0 Å². The molecule has 160 valence electrons. The summed E-state index contributed by atoms with van der Waals surface area (Å²) in [5.41, 5.74) is 0. The van der Waals surface area contributed by atoms with Gasteiger partial charge in [0.25, 0.3) is 5.91 Å². The Morgan fingerprint density at radius 3 is 1.73 bits per heavy atom. The van der Waals surface area contributed by atoms with Crippen LogP contribution in [0, 0.1) is 5.41 Å². The lowest BCUT2D eigenvalue weighted by molar-refractivity contribution is -0.124. The Labute approximate surface area is 186 Å². The molecule has 2 aromatic rings. The van der Waals surface area contributed by atoms with Gasteiger partial charge in [-0.2, -0.15) is 0 Å². The van der Waals surface area contributed by atoms with Crippen molar-refractivity contribution in [3.63, 3.8) is 0 Å². The van der Waals surface area contributed by atoms with E-state index in [0.29, 0.717) is 27.4 Å². The molecule has 3 N–H and O–H groups in total. The highest BCUT2D eigenvalue weighted by atomic mass is 35.5. The Hall–Kier alpha value is -2.44. The summed E-state index contributed by atoms with van der Waals surface area (Å²) in [4.78, 5) is 12.1. The molecule has 0 aliphatic heterocycles. The van der Waals surface area contributed by atoms with E-state index in [0.717, 1.165) is 25.7 Å². The van der Waals surface area contributed by atoms with Gasteiger partial charge in [-0.1, -0.05) is 23.2 Å². The van der Waals surface area contributed by atoms with Crippen LogP contribution in [0.3, 0.4) is 0 Å². The molecule has 3 rings (SSSR count). The third kappa shape index (κ3) is 7.43. The van der Waals surface area contributed by atoms with Crippen molar-refractivity contribution in [2.24, 2.45) is 0 Å². The molecule has 1 aliphatic rings. The van der Waals surface area contributed by atoms with E-state index in [-0.39, 0.29) is 31.2 Å². The number of amides is 1. The first kappa shape index (κ1) is 22.2. The van der Waals surface area contributed by atoms with Gasteiger partial charge in [0.1, 0.15) is 23.9 Å². The summed E-state index contributed by atoms with van der Waals surface area (Å²) in [5, 5.41) is 15.6. The molecular formula is C22H25Cl2N3O3. The maximum Gasteiger partial charge on any atom is 0.258 e. The van der Waals surface area contributed by atoms with Crippen molar-refractivity contribution in [2.45, 2.75) is 37.8 Å². The van der Waals surface area contributed by atoms with Crippen LogP contribution in [-0.2, 0) is 4.79 Å². The second-order valence-corrected chi connectivity index (χ2v) is 8.10. The number of rotatable bonds is 8. The monoisotopic (exact) mass is 449 g/mol. The first-order valence-corrected chi connectivity index (χ1v) is 10.6. The topological polar surface area (TPSA) is 83.4 Å². The zero-order valence-electron chi connectivity index (χ0n) is 16.5. The minimum atomic E-state index is -0.134. The molecule has 1 aliphatic carbocycles. The van der Waals surface area contributed by atoms with Crippen LogP contribution < -0.4 is 20.1 Å². The first-order valence-electron chi connectivity index (χ1n) is 9.88. The lowest BCUT2D eigenvalue weighted by Crippen LogP contribution is -2.45. The summed E-state index contributed by atoms with van der Waals surface area (Å²) in [6.07, 6.45) is 3.48. The van der Waals surface area contributed by atoms with Crippen molar-refractivity contribution in [1.29, 1.82) is 5.41 Å². The van der Waals surface area contributed by atoms with E-state index in [9.17, 15) is 4.79 Å². The SMILES string of the molecule is N=C(COc1ccc(Cl)cc1)N[C@H]1CC[C@H](NC(=O)COc2ccc(Cl)cc2)CC1. The molecule has 0 radical (unpaired) electrons. The highest BCUT2D eigenvalue weighted by Gasteiger charge is 2.23. The molecule has 0 spiro atoms. The van der Waals surface area contributed by atoms with Crippen LogP contribution in [0.15, 0.2) is 48.5 Å². The molecule has 1 fully saturated rings. The number of hydrogen-bond donors (Lipinski definition) is 3. The van der Waals surface area contributed by atoms with Gasteiger partial charge in [0, 0.05) is 22.1 Å². The maximum atomic E-state index is 12.1. The lowest BCUT2D eigenvalue weighted by Gasteiger charge is -2.30. The Bertz CT molecular complexity index is 764. The van der Waals surface area contributed by atoms with Gasteiger partial charge >= 0.3 is 0 Å². The molecule has 0 unspecified atom stereocenters. The van der Waals surface area contributed by atoms with Crippen LogP contribution in [0.2, 0.25) is 10.0 Å². The summed E-state index contributed by atoms with van der Waals surface area (Å²) in [6.45, 7) is 0.160. The van der Waals surface area contributed by atoms with E-state index in [1.807, 2.05) is 0 Å². The number of hydrogen-bond acceptors (Lipinski definition) is 4. The average Bonchev–Trinajstić information content (AvgIpc) is 2.74. The van der Waals surface area contributed by atoms with Crippen molar-refractivity contribution in [2.75, 3.05) is 13.2 Å². The van der Waals surface area contributed by atoms with Crippen LogP contribution in [0.5, 0.6) is 11.5 Å². The maximum absolute atomic E-state index is 12.1. The number of ether oxygens (including phenoxy) is 2. The van der Waals surface area contributed by atoms with Gasteiger partial charge in [-0.15, -0.1) is 0 Å². The summed E-state index contributed by atoms with van der Waals surface area (Å²) >= 11 is 11.7. The molecule has 1 saturated carbocycles. The molecule has 0 bridgehead atoms. The molecule has 0 aromatic heterocycles. The van der Waals surface area contributed by atoms with Crippen molar-refractivity contribution in [3.05, 3.63) is 58.6 Å². The minimum Gasteiger partial charge on any atom is -0.486 e. The molecule has 0 heterocycles. The summed E-state index contributed by atoms with van der Waals surface area (Å²) in [5.74, 6) is 1.50. The Morgan fingerprint density at radius 2 is 1.23 bits per heavy atom. The zero-order valence-corrected chi connectivity index (χ0v) is 18.0. The molecule has 2 aromatic carbocycles. The predicted molar refractivity (Wildman–Crippen MR) is 119 cm³/mol. The molecule has 1 amide bonds. The smallest absolute Gasteiger partial charge is 0.258 e. The number of carbonyl (C=O) groups is 1. The molecule has 30 heavy (non-hydrogen) atoms. The van der Waals surface area contributed by atoms with E-state index in [4.69, 9.17) is 38.1 Å². The van der Waals surface area contributed by atoms with Crippen LogP contribution in [0.25, 0.3) is 0 Å². The quantitative estimate of drug-likeness (QED) is 0.410. The van der Waals surface area contributed by atoms with Crippen molar-refractivity contribution in [3.8, 4) is 11.5 Å². The number of halogens is 2. The standard InChI is InChI=1S/C22H25Cl2N3O3/c23-15-1-9-19(10-2-15)29-13-21(25)26-17-5-7-18(8-6-17)27-22(28)14-30-20-11-3-16(24)4-12-20/h1-4,9-12,17-18H,5-8,13-14H2,(H2,25,26)(H,27,28)/t17-,18-. The molecular weight excluding hydrogens is 425 g/mol. The summed E-state index contributed by atoms with van der Waals surface area (Å²) in [7, 11) is 0. The van der Waals surface area contributed by atoms with Crippen LogP contribution in [-0.4, -0.2) is 37.0 Å². The Balaban J connectivity index is 1.31. The fraction of sp³-hybridized carbons (Fsp3) is 0.364. The minimum absolute atomic E-state index is 0.0213. The average molecular weight is 450 g/mol. The third-order valence-electron chi connectivity index (χ3n) is 4.85. The summed E-state index contributed by atoms with van der Waals surface area (Å²) in [6, 6.07) is 14.3. The summed E-state index contributed by atoms with van der Waals surface area (Å²) < 4.78 is 11.1. The predicted octanol–water partition coefficient (Wildman–Crippen LogP) is 4.45. The number of amidine groups is 1. The fourth-order valence-corrected chi connectivity index (χ4v) is 3.56. The largest absolute Gasteiger partial charge is 0.486 e. The number of benzene rings is 2. The van der Waals surface area contributed by atoms with Gasteiger partial charge in [-0.25, -0.2) is 0 Å². The number of nitrogens with one attached hydrogen (secondary N) is 3. The van der Waals surface area contributed by atoms with Crippen LogP contribution in [0.4, 0.5) is 0 Å². The van der Waals surface area contributed by atoms with E-state index in [2.05, 4.69) is 10.6 Å². The zero-order chi connectivity index (χ0) is 21.3. The lowest BCUT2D eigenvalue weighted by atomic mass is 9.91. The fourth-order valence-electron chi connectivity index (χ4n) is 3.31. The Morgan fingerprint density at radius 1 is 0.800 bits per heavy atom. The Kier molecular flexibility index (Phi) is 8.22.